The lowest BCUT2D eigenvalue weighted by Gasteiger charge is -2.17. The first-order chi connectivity index (χ1) is 18.0. The summed E-state index contributed by atoms with van der Waals surface area (Å²) >= 11 is 4.02. The summed E-state index contributed by atoms with van der Waals surface area (Å²) in [5.41, 5.74) is 3.01. The smallest absolute Gasteiger partial charge is 0.273 e. The van der Waals surface area contributed by atoms with Crippen molar-refractivity contribution in [3.8, 4) is 17.2 Å². The van der Waals surface area contributed by atoms with E-state index in [1.165, 1.54) is 25.2 Å². The largest absolute Gasteiger partial charge is 0.494 e. The molecule has 3 aromatic rings. The third-order valence-electron chi connectivity index (χ3n) is 5.88. The molecule has 1 aliphatic heterocycles. The predicted molar refractivity (Wildman–Crippen MR) is 141 cm³/mol. The quantitative estimate of drug-likeness (QED) is 0.0724. The van der Waals surface area contributed by atoms with Crippen molar-refractivity contribution in [1.29, 1.82) is 0 Å². The van der Waals surface area contributed by atoms with Crippen LogP contribution in [0.15, 0.2) is 54.9 Å². The van der Waals surface area contributed by atoms with Crippen LogP contribution in [0.4, 0.5) is 11.4 Å². The number of ether oxygens (including phenoxy) is 3. The van der Waals surface area contributed by atoms with Crippen LogP contribution >= 0.6 is 12.9 Å². The maximum Gasteiger partial charge on any atom is 0.273 e. The molecule has 192 valence electrons. The van der Waals surface area contributed by atoms with Gasteiger partial charge in [-0.15, -0.1) is 0 Å². The minimum atomic E-state index is -0.297. The Bertz CT molecular complexity index is 1310. The second-order valence-electron chi connectivity index (χ2n) is 8.21. The van der Waals surface area contributed by atoms with Gasteiger partial charge < -0.3 is 19.5 Å². The molecule has 1 N–H and O–H groups in total. The predicted octanol–water partition coefficient (Wildman–Crippen LogP) is 4.56. The SMILES string of the molecule is COc1ccc([N+](=CCCCOc2ccc3c(c2)CCC(=O)N3)OS)c(C(=O)c2cccnc2)c1OC. The Morgan fingerprint density at radius 3 is 2.76 bits per heavy atom. The van der Waals surface area contributed by atoms with Gasteiger partial charge in [-0.1, -0.05) is 0 Å². The number of thiol groups is 1. The van der Waals surface area contributed by atoms with Crippen LogP contribution in [0.5, 0.6) is 17.2 Å². The Balaban J connectivity index is 1.49. The van der Waals surface area contributed by atoms with E-state index in [0.717, 1.165) is 17.0 Å². The number of aromatic nitrogens is 1. The fourth-order valence-electron chi connectivity index (χ4n) is 4.07. The van der Waals surface area contributed by atoms with E-state index < -0.39 is 0 Å². The van der Waals surface area contributed by atoms with E-state index in [2.05, 4.69) is 23.2 Å². The van der Waals surface area contributed by atoms with Gasteiger partial charge in [-0.05, 0) is 54.8 Å². The molecule has 2 aromatic carbocycles. The first-order valence-electron chi connectivity index (χ1n) is 11.7. The molecule has 2 heterocycles. The Morgan fingerprint density at radius 2 is 2.03 bits per heavy atom. The number of rotatable bonds is 11. The standard InChI is InChI=1S/C27H27N3O6S/c1-33-23-11-10-22(25(27(23)34-2)26(32)19-6-5-13-28-17-19)30(36-37)14-3-4-15-35-20-8-9-21-18(16-20)7-12-24(31)29-21/h5-6,8-11,13-14,16-17H,3-4,7,12,15H2,1-2H3,(H-,29,31,37)/p+1. The number of pyridine rings is 1. The molecule has 0 unspecified atom stereocenters. The number of aryl methyl sites for hydroxylation is 1. The first kappa shape index (κ1) is 26.0. The minimum absolute atomic E-state index is 0.0347. The molecular formula is C27H28N3O6S+. The van der Waals surface area contributed by atoms with Gasteiger partial charge >= 0.3 is 0 Å². The van der Waals surface area contributed by atoms with Crippen LogP contribution in [0, 0.1) is 0 Å². The first-order valence-corrected chi connectivity index (χ1v) is 12.1. The zero-order chi connectivity index (χ0) is 26.2. The summed E-state index contributed by atoms with van der Waals surface area (Å²) in [5.74, 6) is 1.18. The summed E-state index contributed by atoms with van der Waals surface area (Å²) in [4.78, 5) is 29.0. The van der Waals surface area contributed by atoms with Crippen LogP contribution in [0.2, 0.25) is 0 Å². The molecule has 37 heavy (non-hydrogen) atoms. The lowest BCUT2D eigenvalue weighted by atomic mass is 10.0. The van der Waals surface area contributed by atoms with Crippen LogP contribution < -0.4 is 19.5 Å². The Labute approximate surface area is 220 Å². The van der Waals surface area contributed by atoms with Gasteiger partial charge in [0.15, 0.2) is 11.5 Å². The van der Waals surface area contributed by atoms with E-state index in [-0.39, 0.29) is 23.0 Å². The van der Waals surface area contributed by atoms with Gasteiger partial charge in [-0.2, -0.15) is 4.28 Å². The fraction of sp³-hybridized carbons (Fsp3) is 0.259. The van der Waals surface area contributed by atoms with Gasteiger partial charge in [-0.25, -0.2) is 0 Å². The van der Waals surface area contributed by atoms with Crippen LogP contribution in [0.3, 0.4) is 0 Å². The molecule has 0 atom stereocenters. The third kappa shape index (κ3) is 6.03. The van der Waals surface area contributed by atoms with E-state index in [0.29, 0.717) is 49.3 Å². The molecule has 9 nitrogen and oxygen atoms in total. The highest BCUT2D eigenvalue weighted by Gasteiger charge is 2.30. The van der Waals surface area contributed by atoms with Crippen molar-refractivity contribution >= 4 is 42.2 Å². The molecule has 4 rings (SSSR count). The molecule has 1 aliphatic rings. The van der Waals surface area contributed by atoms with E-state index in [4.69, 9.17) is 18.5 Å². The summed E-state index contributed by atoms with van der Waals surface area (Å²) < 4.78 is 23.6. The number of amides is 1. The number of hydrogen-bond donors (Lipinski definition) is 2. The zero-order valence-corrected chi connectivity index (χ0v) is 21.5. The van der Waals surface area contributed by atoms with E-state index in [1.54, 1.807) is 36.7 Å². The van der Waals surface area contributed by atoms with Crippen molar-refractivity contribution < 1.29 is 32.8 Å². The number of nitrogens with one attached hydrogen (secondary N) is 1. The molecule has 0 radical (unpaired) electrons. The molecule has 0 bridgehead atoms. The molecule has 0 aliphatic carbocycles. The van der Waals surface area contributed by atoms with Crippen molar-refractivity contribution in [3.63, 3.8) is 0 Å². The number of methoxy groups -OCH3 is 2. The number of benzene rings is 2. The van der Waals surface area contributed by atoms with Gasteiger partial charge in [0, 0.05) is 47.3 Å². The molecule has 1 amide bonds. The van der Waals surface area contributed by atoms with Gasteiger partial charge in [-0.3, -0.25) is 14.6 Å². The van der Waals surface area contributed by atoms with Gasteiger partial charge in [0.1, 0.15) is 24.2 Å². The fourth-order valence-corrected chi connectivity index (χ4v) is 4.22. The molecule has 10 heteroatoms. The van der Waals surface area contributed by atoms with Gasteiger partial charge in [0.05, 0.1) is 20.8 Å². The van der Waals surface area contributed by atoms with Crippen molar-refractivity contribution in [3.05, 3.63) is 71.5 Å². The Kier molecular flexibility index (Phi) is 8.63. The van der Waals surface area contributed by atoms with Crippen molar-refractivity contribution in [2.24, 2.45) is 0 Å². The number of hydrogen-bond acceptors (Lipinski definition) is 8. The molecule has 1 aromatic heterocycles. The second kappa shape index (κ2) is 12.3. The third-order valence-corrected chi connectivity index (χ3v) is 6.06. The Hall–Kier alpha value is -4.05. The number of nitrogens with zero attached hydrogens (tertiary/aromatic N) is 2. The topological polar surface area (TPSA) is 99.0 Å². The molecule has 0 saturated heterocycles. The highest BCUT2D eigenvalue weighted by molar-refractivity contribution is 7.74. The number of ketones is 1. The summed E-state index contributed by atoms with van der Waals surface area (Å²) in [6.45, 7) is 0.468. The second-order valence-corrected chi connectivity index (χ2v) is 8.38. The average Bonchev–Trinajstić information content (AvgIpc) is 2.94. The van der Waals surface area contributed by atoms with Crippen LogP contribution in [0.1, 0.15) is 40.7 Å². The Morgan fingerprint density at radius 1 is 1.16 bits per heavy atom. The highest BCUT2D eigenvalue weighted by atomic mass is 32.1. The minimum Gasteiger partial charge on any atom is -0.494 e. The maximum atomic E-state index is 13.4. The molecule has 0 spiro atoms. The van der Waals surface area contributed by atoms with E-state index in [9.17, 15) is 9.59 Å². The zero-order valence-electron chi connectivity index (χ0n) is 20.6. The number of anilines is 1. The highest BCUT2D eigenvalue weighted by Crippen LogP contribution is 2.39. The lowest BCUT2D eigenvalue weighted by molar-refractivity contribution is -0.672. The van der Waals surface area contributed by atoms with E-state index >= 15 is 0 Å². The lowest BCUT2D eigenvalue weighted by Crippen LogP contribution is -2.18. The van der Waals surface area contributed by atoms with Gasteiger partial charge in [0.2, 0.25) is 17.9 Å². The summed E-state index contributed by atoms with van der Waals surface area (Å²) in [6.07, 6.45) is 7.31. The summed E-state index contributed by atoms with van der Waals surface area (Å²) in [5, 5.41) is 2.87. The van der Waals surface area contributed by atoms with Crippen LogP contribution in [-0.4, -0.2) is 48.5 Å². The van der Waals surface area contributed by atoms with Crippen molar-refractivity contribution in [2.75, 3.05) is 26.1 Å². The molecular weight excluding hydrogens is 494 g/mol. The van der Waals surface area contributed by atoms with Crippen molar-refractivity contribution in [2.45, 2.75) is 25.7 Å². The molecule has 0 fully saturated rings. The maximum absolute atomic E-state index is 13.4. The summed E-state index contributed by atoms with van der Waals surface area (Å²) in [6, 6.07) is 12.4. The van der Waals surface area contributed by atoms with Crippen LogP contribution in [0.25, 0.3) is 0 Å². The number of carbonyl (C=O) groups excluding carboxylic acids is 2. The number of carbonyl (C=O) groups is 2. The monoisotopic (exact) mass is 522 g/mol. The van der Waals surface area contributed by atoms with Crippen LogP contribution in [-0.2, 0) is 15.5 Å². The summed E-state index contributed by atoms with van der Waals surface area (Å²) in [7, 11) is 2.98. The van der Waals surface area contributed by atoms with Gasteiger partial charge in [0.25, 0.3) is 5.69 Å². The number of fused-ring (bicyclic) bond motifs is 1. The normalized spacial score (nSPS) is 12.8. The van der Waals surface area contributed by atoms with Crippen molar-refractivity contribution in [1.82, 2.24) is 4.98 Å². The number of unbranched alkanes of at least 4 members (excludes halogenated alkanes) is 1. The molecule has 0 saturated carbocycles. The van der Waals surface area contributed by atoms with E-state index in [1.807, 2.05) is 18.2 Å². The average molecular weight is 523 g/mol.